The van der Waals surface area contributed by atoms with Gasteiger partial charge in [0.2, 0.25) is 11.8 Å². The Morgan fingerprint density at radius 2 is 1.60 bits per heavy atom. The van der Waals surface area contributed by atoms with Gasteiger partial charge in [-0.1, -0.05) is 51.5 Å². The summed E-state index contributed by atoms with van der Waals surface area (Å²) in [4.78, 5) is 41.9. The second-order valence-corrected chi connectivity index (χ2v) is 11.1. The number of nitrogens with zero attached hydrogens (tertiary/aromatic N) is 1. The van der Waals surface area contributed by atoms with E-state index in [9.17, 15) is 14.4 Å². The number of nitrogens with one attached hydrogen (secondary N) is 2. The highest BCUT2D eigenvalue weighted by Crippen LogP contribution is 2.28. The number of amides is 3. The standard InChI is InChI=1S/C28H47N3O4/c1-11-14-21(7)29-25(32)24(22-16-13-12-15-20(22)6)31(19(4)5)26(33)23(17-18(2)3)30-27(34)35-28(8,9)10/h12-13,15-16,18-19,21,23-24H,11,14,17H2,1-10H3,(H,29,32)(H,30,34). The van der Waals surface area contributed by atoms with Crippen LogP contribution in [0.1, 0.15) is 98.7 Å². The molecule has 0 fully saturated rings. The summed E-state index contributed by atoms with van der Waals surface area (Å²) in [6.45, 7) is 19.1. The minimum atomic E-state index is -0.821. The summed E-state index contributed by atoms with van der Waals surface area (Å²) in [5.74, 6) is -0.378. The molecule has 0 aromatic heterocycles. The Morgan fingerprint density at radius 3 is 2.09 bits per heavy atom. The monoisotopic (exact) mass is 489 g/mol. The zero-order valence-electron chi connectivity index (χ0n) is 23.4. The molecule has 0 aliphatic rings. The molecule has 0 aliphatic carbocycles. The van der Waals surface area contributed by atoms with E-state index in [0.29, 0.717) is 6.42 Å². The molecule has 0 heterocycles. The predicted octanol–water partition coefficient (Wildman–Crippen LogP) is 5.52. The van der Waals surface area contributed by atoms with E-state index in [1.165, 1.54) is 0 Å². The Kier molecular flexibility index (Phi) is 11.7. The smallest absolute Gasteiger partial charge is 0.408 e. The molecule has 0 radical (unpaired) electrons. The Balaban J connectivity index is 3.47. The summed E-state index contributed by atoms with van der Waals surface area (Å²) in [7, 11) is 0. The van der Waals surface area contributed by atoms with Crippen LogP contribution in [0.5, 0.6) is 0 Å². The number of hydrogen-bond donors (Lipinski definition) is 2. The Bertz CT molecular complexity index is 845. The van der Waals surface area contributed by atoms with Crippen molar-refractivity contribution in [3.63, 3.8) is 0 Å². The van der Waals surface area contributed by atoms with Crippen molar-refractivity contribution in [2.75, 3.05) is 0 Å². The van der Waals surface area contributed by atoms with E-state index in [1.807, 2.05) is 65.8 Å². The van der Waals surface area contributed by atoms with Crippen LogP contribution < -0.4 is 10.6 Å². The third-order valence-corrected chi connectivity index (χ3v) is 5.63. The van der Waals surface area contributed by atoms with Crippen LogP contribution in [0, 0.1) is 12.8 Å². The summed E-state index contributed by atoms with van der Waals surface area (Å²) >= 11 is 0. The van der Waals surface area contributed by atoms with E-state index in [1.54, 1.807) is 25.7 Å². The number of alkyl carbamates (subject to hydrolysis) is 1. The van der Waals surface area contributed by atoms with Crippen molar-refractivity contribution >= 4 is 17.9 Å². The van der Waals surface area contributed by atoms with Gasteiger partial charge in [0.1, 0.15) is 17.7 Å². The molecule has 35 heavy (non-hydrogen) atoms. The SMILES string of the molecule is CCCC(C)NC(=O)C(c1ccccc1C)N(C(=O)C(CC(C)C)NC(=O)OC(C)(C)C)C(C)C. The lowest BCUT2D eigenvalue weighted by molar-refractivity contribution is -0.145. The van der Waals surface area contributed by atoms with Crippen LogP contribution in [0.15, 0.2) is 24.3 Å². The molecule has 3 atom stereocenters. The zero-order chi connectivity index (χ0) is 26.9. The van der Waals surface area contributed by atoms with Crippen molar-refractivity contribution in [3.8, 4) is 0 Å². The van der Waals surface area contributed by atoms with Crippen LogP contribution in [-0.2, 0) is 14.3 Å². The van der Waals surface area contributed by atoms with Gasteiger partial charge in [-0.3, -0.25) is 9.59 Å². The normalized spacial score (nSPS) is 14.3. The van der Waals surface area contributed by atoms with E-state index in [4.69, 9.17) is 4.74 Å². The molecule has 7 heteroatoms. The fourth-order valence-corrected chi connectivity index (χ4v) is 4.14. The van der Waals surface area contributed by atoms with E-state index in [2.05, 4.69) is 17.6 Å². The fourth-order valence-electron chi connectivity index (χ4n) is 4.14. The number of carbonyl (C=O) groups is 3. The summed E-state index contributed by atoms with van der Waals surface area (Å²) in [6.07, 6.45) is 1.57. The van der Waals surface area contributed by atoms with Crippen molar-refractivity contribution in [2.24, 2.45) is 5.92 Å². The summed E-state index contributed by atoms with van der Waals surface area (Å²) in [5.41, 5.74) is 1.01. The summed E-state index contributed by atoms with van der Waals surface area (Å²) in [5, 5.41) is 5.88. The summed E-state index contributed by atoms with van der Waals surface area (Å²) in [6, 6.07) is 5.69. The maximum absolute atomic E-state index is 14.0. The second kappa shape index (κ2) is 13.5. The van der Waals surface area contributed by atoms with Crippen molar-refractivity contribution in [2.45, 2.75) is 118 Å². The Hall–Kier alpha value is -2.57. The molecule has 1 rings (SSSR count). The van der Waals surface area contributed by atoms with Crippen LogP contribution in [0.2, 0.25) is 0 Å². The molecule has 0 bridgehead atoms. The summed E-state index contributed by atoms with van der Waals surface area (Å²) < 4.78 is 5.43. The van der Waals surface area contributed by atoms with Crippen molar-refractivity contribution in [1.82, 2.24) is 15.5 Å². The van der Waals surface area contributed by atoms with Crippen LogP contribution in [0.25, 0.3) is 0 Å². The highest BCUT2D eigenvalue weighted by atomic mass is 16.6. The Morgan fingerprint density at radius 1 is 1.00 bits per heavy atom. The van der Waals surface area contributed by atoms with E-state index in [-0.39, 0.29) is 29.8 Å². The molecule has 1 aromatic rings. The average molecular weight is 490 g/mol. The number of carbonyl (C=O) groups excluding carboxylic acids is 3. The number of rotatable bonds is 11. The molecule has 1 aromatic carbocycles. The first-order valence-electron chi connectivity index (χ1n) is 12.8. The van der Waals surface area contributed by atoms with Gasteiger partial charge in [0, 0.05) is 12.1 Å². The van der Waals surface area contributed by atoms with E-state index < -0.39 is 23.8 Å². The number of benzene rings is 1. The molecule has 3 amide bonds. The van der Waals surface area contributed by atoms with Crippen LogP contribution in [-0.4, -0.2) is 46.5 Å². The van der Waals surface area contributed by atoms with Gasteiger partial charge in [0.15, 0.2) is 0 Å². The lowest BCUT2D eigenvalue weighted by atomic mass is 9.95. The molecule has 0 saturated carbocycles. The van der Waals surface area contributed by atoms with Crippen molar-refractivity contribution < 1.29 is 19.1 Å². The van der Waals surface area contributed by atoms with E-state index in [0.717, 1.165) is 24.0 Å². The maximum atomic E-state index is 14.0. The second-order valence-electron chi connectivity index (χ2n) is 11.1. The van der Waals surface area contributed by atoms with Gasteiger partial charge in [0.25, 0.3) is 0 Å². The molecular formula is C28H47N3O4. The van der Waals surface area contributed by atoms with Gasteiger partial charge in [-0.15, -0.1) is 0 Å². The predicted molar refractivity (Wildman–Crippen MR) is 141 cm³/mol. The minimum absolute atomic E-state index is 0.0190. The lowest BCUT2D eigenvalue weighted by Gasteiger charge is -2.38. The van der Waals surface area contributed by atoms with Crippen LogP contribution in [0.4, 0.5) is 4.79 Å². The molecule has 198 valence electrons. The first kappa shape index (κ1) is 30.5. The van der Waals surface area contributed by atoms with Gasteiger partial charge in [-0.25, -0.2) is 4.79 Å². The molecule has 7 nitrogen and oxygen atoms in total. The third-order valence-electron chi connectivity index (χ3n) is 5.63. The van der Waals surface area contributed by atoms with Crippen LogP contribution in [0.3, 0.4) is 0 Å². The molecule has 2 N–H and O–H groups in total. The topological polar surface area (TPSA) is 87.7 Å². The zero-order valence-corrected chi connectivity index (χ0v) is 23.4. The van der Waals surface area contributed by atoms with Gasteiger partial charge in [-0.2, -0.15) is 0 Å². The van der Waals surface area contributed by atoms with Gasteiger partial charge >= 0.3 is 6.09 Å². The maximum Gasteiger partial charge on any atom is 0.408 e. The number of aryl methyl sites for hydroxylation is 1. The quantitative estimate of drug-likeness (QED) is 0.429. The molecule has 0 spiro atoms. The fraction of sp³-hybridized carbons (Fsp3) is 0.679. The van der Waals surface area contributed by atoms with Crippen LogP contribution >= 0.6 is 0 Å². The van der Waals surface area contributed by atoms with Gasteiger partial charge in [0.05, 0.1) is 0 Å². The first-order chi connectivity index (χ1) is 16.2. The van der Waals surface area contributed by atoms with Crippen molar-refractivity contribution in [3.05, 3.63) is 35.4 Å². The van der Waals surface area contributed by atoms with Gasteiger partial charge in [-0.05, 0) is 78.4 Å². The van der Waals surface area contributed by atoms with E-state index >= 15 is 0 Å². The molecular weight excluding hydrogens is 442 g/mol. The molecule has 0 saturated heterocycles. The first-order valence-corrected chi connectivity index (χ1v) is 12.8. The average Bonchev–Trinajstić information content (AvgIpc) is 2.69. The lowest BCUT2D eigenvalue weighted by Crippen LogP contribution is -2.56. The highest BCUT2D eigenvalue weighted by Gasteiger charge is 2.38. The molecule has 0 aliphatic heterocycles. The van der Waals surface area contributed by atoms with Gasteiger partial charge < -0.3 is 20.3 Å². The third kappa shape index (κ3) is 9.90. The molecule has 3 unspecified atom stereocenters. The largest absolute Gasteiger partial charge is 0.444 e. The highest BCUT2D eigenvalue weighted by molar-refractivity contribution is 5.92. The van der Waals surface area contributed by atoms with Crippen molar-refractivity contribution in [1.29, 1.82) is 0 Å². The number of hydrogen-bond acceptors (Lipinski definition) is 4. The Labute approximate surface area is 212 Å². The number of ether oxygens (including phenoxy) is 1. The minimum Gasteiger partial charge on any atom is -0.444 e.